The Kier molecular flexibility index (Phi) is 5.81. The van der Waals surface area contributed by atoms with Crippen LogP contribution in [0.2, 0.25) is 0 Å². The average Bonchev–Trinajstić information content (AvgIpc) is 2.46. The van der Waals surface area contributed by atoms with Crippen LogP contribution in [0.25, 0.3) is 0 Å². The smallest absolute Gasteiger partial charge is 0.270 e. The van der Waals surface area contributed by atoms with E-state index in [1.165, 1.54) is 11.8 Å². The molecule has 21 heavy (non-hydrogen) atoms. The number of halogens is 1. The molecule has 0 fully saturated rings. The minimum atomic E-state index is -0.687. The van der Waals surface area contributed by atoms with Crippen LogP contribution in [0, 0.1) is 28.8 Å². The van der Waals surface area contributed by atoms with E-state index in [0.29, 0.717) is 13.1 Å². The lowest BCUT2D eigenvalue weighted by molar-refractivity contribution is -0.385. The van der Waals surface area contributed by atoms with Gasteiger partial charge in [0.25, 0.3) is 11.6 Å². The molecule has 1 atom stereocenters. The molecule has 1 aromatic carbocycles. The highest BCUT2D eigenvalue weighted by Gasteiger charge is 2.24. The lowest BCUT2D eigenvalue weighted by Gasteiger charge is -2.24. The Labute approximate surface area is 123 Å². The van der Waals surface area contributed by atoms with E-state index in [4.69, 9.17) is 0 Å². The first kappa shape index (κ1) is 17.1. The van der Waals surface area contributed by atoms with Gasteiger partial charge in [-0.25, -0.2) is 4.39 Å². The zero-order valence-corrected chi connectivity index (χ0v) is 12.9. The quantitative estimate of drug-likeness (QED) is 0.595. The lowest BCUT2D eigenvalue weighted by atomic mass is 10.1. The number of nitro groups is 1. The van der Waals surface area contributed by atoms with E-state index in [0.717, 1.165) is 18.6 Å². The van der Waals surface area contributed by atoms with E-state index in [1.807, 2.05) is 20.8 Å². The molecule has 1 amide bonds. The fourth-order valence-electron chi connectivity index (χ4n) is 2.04. The van der Waals surface area contributed by atoms with Gasteiger partial charge >= 0.3 is 0 Å². The molecule has 0 spiro atoms. The van der Waals surface area contributed by atoms with Crippen LogP contribution >= 0.6 is 0 Å². The summed E-state index contributed by atoms with van der Waals surface area (Å²) in [6, 6.07) is 2.15. The first-order valence-corrected chi connectivity index (χ1v) is 7.05. The van der Waals surface area contributed by atoms with Gasteiger partial charge in [0.1, 0.15) is 5.82 Å². The number of nitrogens with zero attached hydrogens (tertiary/aromatic N) is 2. The van der Waals surface area contributed by atoms with Crippen LogP contribution in [0.4, 0.5) is 10.1 Å². The Hall–Kier alpha value is -1.98. The zero-order valence-electron chi connectivity index (χ0n) is 12.9. The number of non-ortho nitro benzene ring substituents is 1. The maximum atomic E-state index is 14.1. The van der Waals surface area contributed by atoms with Gasteiger partial charge in [0.05, 0.1) is 10.5 Å². The number of aryl methyl sites for hydroxylation is 1. The Bertz CT molecular complexity index is 546. The Morgan fingerprint density at radius 2 is 2.05 bits per heavy atom. The third-order valence-corrected chi connectivity index (χ3v) is 3.58. The van der Waals surface area contributed by atoms with Crippen LogP contribution in [0.3, 0.4) is 0 Å². The maximum Gasteiger partial charge on any atom is 0.270 e. The monoisotopic (exact) mass is 296 g/mol. The zero-order chi connectivity index (χ0) is 16.2. The molecule has 0 saturated heterocycles. The molecular weight excluding hydrogens is 275 g/mol. The largest absolute Gasteiger partial charge is 0.339 e. The van der Waals surface area contributed by atoms with E-state index >= 15 is 0 Å². The molecule has 0 saturated carbocycles. The predicted molar refractivity (Wildman–Crippen MR) is 78.8 cm³/mol. The Morgan fingerprint density at radius 1 is 1.43 bits per heavy atom. The second kappa shape index (κ2) is 7.15. The van der Waals surface area contributed by atoms with Gasteiger partial charge in [-0.3, -0.25) is 14.9 Å². The number of nitro benzene ring substituents is 1. The van der Waals surface area contributed by atoms with Crippen molar-refractivity contribution in [1.82, 2.24) is 4.90 Å². The molecule has 0 radical (unpaired) electrons. The van der Waals surface area contributed by atoms with E-state index in [-0.39, 0.29) is 22.7 Å². The van der Waals surface area contributed by atoms with Crippen molar-refractivity contribution in [3.8, 4) is 0 Å². The van der Waals surface area contributed by atoms with E-state index in [2.05, 4.69) is 0 Å². The van der Waals surface area contributed by atoms with Gasteiger partial charge in [0.2, 0.25) is 0 Å². The first-order chi connectivity index (χ1) is 9.81. The highest BCUT2D eigenvalue weighted by Crippen LogP contribution is 2.22. The standard InChI is InChI=1S/C15H21FN2O3/c1-5-10(3)9-17(6-2)15(19)13-8-12(18(20)21)7-11(4)14(13)16/h7-8,10H,5-6,9H2,1-4H3. The van der Waals surface area contributed by atoms with Gasteiger partial charge in [-0.05, 0) is 25.3 Å². The molecule has 116 valence electrons. The van der Waals surface area contributed by atoms with Crippen molar-refractivity contribution >= 4 is 11.6 Å². The molecule has 1 aromatic rings. The molecule has 0 aliphatic carbocycles. The van der Waals surface area contributed by atoms with Crippen molar-refractivity contribution in [1.29, 1.82) is 0 Å². The van der Waals surface area contributed by atoms with Gasteiger partial charge in [-0.2, -0.15) is 0 Å². The van der Waals surface area contributed by atoms with Crippen molar-refractivity contribution in [2.45, 2.75) is 34.1 Å². The molecular formula is C15H21FN2O3. The number of carbonyl (C=O) groups excluding carboxylic acids is 1. The summed E-state index contributed by atoms with van der Waals surface area (Å²) in [7, 11) is 0. The van der Waals surface area contributed by atoms with Crippen molar-refractivity contribution in [3.05, 3.63) is 39.2 Å². The molecule has 1 rings (SSSR count). The molecule has 0 aliphatic rings. The van der Waals surface area contributed by atoms with Crippen molar-refractivity contribution < 1.29 is 14.1 Å². The predicted octanol–water partition coefficient (Wildman–Crippen LogP) is 3.55. The number of hydrogen-bond donors (Lipinski definition) is 0. The molecule has 0 N–H and O–H groups in total. The molecule has 6 heteroatoms. The molecule has 0 aromatic heterocycles. The van der Waals surface area contributed by atoms with Gasteiger partial charge in [0, 0.05) is 25.2 Å². The normalized spacial score (nSPS) is 12.0. The van der Waals surface area contributed by atoms with Crippen molar-refractivity contribution in [3.63, 3.8) is 0 Å². The summed E-state index contributed by atoms with van der Waals surface area (Å²) in [6.07, 6.45) is 0.903. The van der Waals surface area contributed by atoms with E-state index in [1.54, 1.807) is 0 Å². The van der Waals surface area contributed by atoms with Gasteiger partial charge in [-0.1, -0.05) is 20.3 Å². The van der Waals surface area contributed by atoms with Crippen LogP contribution in [0.1, 0.15) is 43.1 Å². The van der Waals surface area contributed by atoms with Gasteiger partial charge < -0.3 is 4.90 Å². The van der Waals surface area contributed by atoms with Gasteiger partial charge in [-0.15, -0.1) is 0 Å². The third-order valence-electron chi connectivity index (χ3n) is 3.58. The SMILES string of the molecule is CCC(C)CN(CC)C(=O)c1cc([N+](=O)[O-])cc(C)c1F. The van der Waals surface area contributed by atoms with Crippen LogP contribution in [0.5, 0.6) is 0 Å². The van der Waals surface area contributed by atoms with Crippen LogP contribution < -0.4 is 0 Å². The Balaban J connectivity index is 3.18. The molecule has 0 bridgehead atoms. The summed E-state index contributed by atoms with van der Waals surface area (Å²) >= 11 is 0. The summed E-state index contributed by atoms with van der Waals surface area (Å²) in [5, 5.41) is 10.9. The highest BCUT2D eigenvalue weighted by atomic mass is 19.1. The second-order valence-electron chi connectivity index (χ2n) is 5.24. The summed E-state index contributed by atoms with van der Waals surface area (Å²) in [4.78, 5) is 24.2. The fraction of sp³-hybridized carbons (Fsp3) is 0.533. The number of benzene rings is 1. The first-order valence-electron chi connectivity index (χ1n) is 7.05. The number of rotatable bonds is 6. The third kappa shape index (κ3) is 4.00. The van der Waals surface area contributed by atoms with Crippen molar-refractivity contribution in [2.75, 3.05) is 13.1 Å². The average molecular weight is 296 g/mol. The van der Waals surface area contributed by atoms with Crippen LogP contribution in [-0.2, 0) is 0 Å². The second-order valence-corrected chi connectivity index (χ2v) is 5.24. The minimum absolute atomic E-state index is 0.104. The van der Waals surface area contributed by atoms with Gasteiger partial charge in [0.15, 0.2) is 0 Å². The number of amides is 1. The highest BCUT2D eigenvalue weighted by molar-refractivity contribution is 5.95. The summed E-state index contributed by atoms with van der Waals surface area (Å²) in [5.41, 5.74) is -0.393. The summed E-state index contributed by atoms with van der Waals surface area (Å²) in [5.74, 6) is -0.896. The molecule has 5 nitrogen and oxygen atoms in total. The molecule has 1 unspecified atom stereocenters. The number of carbonyl (C=O) groups is 1. The molecule has 0 aliphatic heterocycles. The lowest BCUT2D eigenvalue weighted by Crippen LogP contribution is -2.35. The minimum Gasteiger partial charge on any atom is -0.339 e. The Morgan fingerprint density at radius 3 is 2.52 bits per heavy atom. The molecule has 0 heterocycles. The van der Waals surface area contributed by atoms with Crippen LogP contribution in [0.15, 0.2) is 12.1 Å². The summed E-state index contributed by atoms with van der Waals surface area (Å²) < 4.78 is 14.1. The van der Waals surface area contributed by atoms with Crippen LogP contribution in [-0.4, -0.2) is 28.8 Å². The summed E-state index contributed by atoms with van der Waals surface area (Å²) in [6.45, 7) is 8.19. The van der Waals surface area contributed by atoms with E-state index < -0.39 is 16.6 Å². The maximum absolute atomic E-state index is 14.1. The fourth-order valence-corrected chi connectivity index (χ4v) is 2.04. The number of hydrogen-bond acceptors (Lipinski definition) is 3. The van der Waals surface area contributed by atoms with E-state index in [9.17, 15) is 19.3 Å². The van der Waals surface area contributed by atoms with Crippen molar-refractivity contribution in [2.24, 2.45) is 5.92 Å². The topological polar surface area (TPSA) is 63.5 Å².